The molecule has 138 valence electrons. The van der Waals surface area contributed by atoms with Crippen LogP contribution >= 0.6 is 11.3 Å². The predicted octanol–water partition coefficient (Wildman–Crippen LogP) is 3.27. The number of furan rings is 1. The maximum absolute atomic E-state index is 12.9. The first-order chi connectivity index (χ1) is 12.7. The summed E-state index contributed by atoms with van der Waals surface area (Å²) in [6, 6.07) is 3.62. The van der Waals surface area contributed by atoms with Gasteiger partial charge in [-0.2, -0.15) is 0 Å². The molecule has 2 aromatic rings. The Morgan fingerprint density at radius 1 is 1.23 bits per heavy atom. The smallest absolute Gasteiger partial charge is 0.254 e. The number of ether oxygens (including phenoxy) is 1. The number of amides is 2. The van der Waals surface area contributed by atoms with Gasteiger partial charge in [0, 0.05) is 11.5 Å². The molecule has 0 saturated carbocycles. The summed E-state index contributed by atoms with van der Waals surface area (Å²) in [5.74, 6) is 0.386. The zero-order valence-electron chi connectivity index (χ0n) is 14.5. The van der Waals surface area contributed by atoms with Crippen molar-refractivity contribution in [2.45, 2.75) is 51.2 Å². The standard InChI is InChI=1S/C19H22N2O4S/c22-17(14-7-4-10-25-14)21-19-16(13-6-1-2-8-15(13)26-19)18(23)20-11-12-5-3-9-24-12/h3,5,9,14H,1-2,4,6-8,10-11H2,(H,20,23)(H,21,22)/t14-/m0/s1. The first-order valence-electron chi connectivity index (χ1n) is 9.10. The summed E-state index contributed by atoms with van der Waals surface area (Å²) < 4.78 is 10.7. The molecule has 2 amide bonds. The number of fused-ring (bicyclic) bond motifs is 1. The van der Waals surface area contributed by atoms with Crippen molar-refractivity contribution < 1.29 is 18.7 Å². The van der Waals surface area contributed by atoms with Gasteiger partial charge in [0.2, 0.25) is 0 Å². The first-order valence-corrected chi connectivity index (χ1v) is 9.91. The fraction of sp³-hybridized carbons (Fsp3) is 0.474. The lowest BCUT2D eigenvalue weighted by molar-refractivity contribution is -0.124. The van der Waals surface area contributed by atoms with Gasteiger partial charge in [-0.05, 0) is 56.2 Å². The topological polar surface area (TPSA) is 80.6 Å². The highest BCUT2D eigenvalue weighted by molar-refractivity contribution is 7.17. The van der Waals surface area contributed by atoms with E-state index in [2.05, 4.69) is 10.6 Å². The lowest BCUT2D eigenvalue weighted by Crippen LogP contribution is -2.29. The quantitative estimate of drug-likeness (QED) is 0.842. The summed E-state index contributed by atoms with van der Waals surface area (Å²) in [5.41, 5.74) is 1.70. The summed E-state index contributed by atoms with van der Waals surface area (Å²) in [6.07, 6.45) is 6.85. The Labute approximate surface area is 155 Å². The van der Waals surface area contributed by atoms with Crippen molar-refractivity contribution in [2.24, 2.45) is 0 Å². The Balaban J connectivity index is 1.55. The molecule has 4 rings (SSSR count). The summed E-state index contributed by atoms with van der Waals surface area (Å²) in [6.45, 7) is 0.949. The van der Waals surface area contributed by atoms with Crippen LogP contribution in [-0.4, -0.2) is 24.5 Å². The van der Waals surface area contributed by atoms with Gasteiger partial charge in [-0.15, -0.1) is 11.3 Å². The van der Waals surface area contributed by atoms with E-state index < -0.39 is 6.10 Å². The number of anilines is 1. The molecule has 1 aliphatic carbocycles. The van der Waals surface area contributed by atoms with Crippen LogP contribution in [-0.2, 0) is 28.9 Å². The minimum atomic E-state index is -0.409. The minimum absolute atomic E-state index is 0.152. The van der Waals surface area contributed by atoms with Crippen molar-refractivity contribution >= 4 is 28.2 Å². The fourth-order valence-electron chi connectivity index (χ4n) is 3.54. The number of aryl methyl sites for hydroxylation is 1. The maximum Gasteiger partial charge on any atom is 0.254 e. The van der Waals surface area contributed by atoms with E-state index in [-0.39, 0.29) is 11.8 Å². The van der Waals surface area contributed by atoms with Crippen LogP contribution in [0.1, 0.15) is 52.2 Å². The second-order valence-electron chi connectivity index (χ2n) is 6.67. The van der Waals surface area contributed by atoms with Crippen LogP contribution in [0.2, 0.25) is 0 Å². The van der Waals surface area contributed by atoms with Gasteiger partial charge in [0.15, 0.2) is 0 Å². The van der Waals surface area contributed by atoms with Gasteiger partial charge in [0.1, 0.15) is 16.9 Å². The van der Waals surface area contributed by atoms with Crippen LogP contribution in [0.25, 0.3) is 0 Å². The van der Waals surface area contributed by atoms with Crippen molar-refractivity contribution in [3.63, 3.8) is 0 Å². The van der Waals surface area contributed by atoms with Gasteiger partial charge >= 0.3 is 0 Å². The molecule has 6 nitrogen and oxygen atoms in total. The highest BCUT2D eigenvalue weighted by Gasteiger charge is 2.29. The first kappa shape index (κ1) is 17.3. The van der Waals surface area contributed by atoms with E-state index in [0.29, 0.717) is 29.5 Å². The number of hydrogen-bond donors (Lipinski definition) is 2. The average molecular weight is 374 g/mol. The third-order valence-electron chi connectivity index (χ3n) is 4.86. The molecular formula is C19H22N2O4S. The monoisotopic (exact) mass is 374 g/mol. The average Bonchev–Trinajstić information content (AvgIpc) is 3.39. The van der Waals surface area contributed by atoms with E-state index in [1.54, 1.807) is 12.3 Å². The minimum Gasteiger partial charge on any atom is -0.467 e. The Morgan fingerprint density at radius 3 is 2.88 bits per heavy atom. The number of nitrogens with one attached hydrogen (secondary N) is 2. The van der Waals surface area contributed by atoms with Crippen molar-refractivity contribution in [3.05, 3.63) is 40.2 Å². The summed E-state index contributed by atoms with van der Waals surface area (Å²) >= 11 is 1.53. The van der Waals surface area contributed by atoms with Crippen LogP contribution in [0.3, 0.4) is 0 Å². The lowest BCUT2D eigenvalue weighted by Gasteiger charge is -2.13. The van der Waals surface area contributed by atoms with Crippen LogP contribution in [0.4, 0.5) is 5.00 Å². The molecule has 2 aliphatic rings. The van der Waals surface area contributed by atoms with Gasteiger partial charge in [0.05, 0.1) is 18.4 Å². The zero-order chi connectivity index (χ0) is 17.9. The molecule has 7 heteroatoms. The van der Waals surface area contributed by atoms with Crippen LogP contribution in [0.15, 0.2) is 22.8 Å². The van der Waals surface area contributed by atoms with E-state index in [0.717, 1.165) is 44.1 Å². The molecule has 1 saturated heterocycles. The summed E-state index contributed by atoms with van der Waals surface area (Å²) in [7, 11) is 0. The normalized spacial score (nSPS) is 19.2. The summed E-state index contributed by atoms with van der Waals surface area (Å²) in [4.78, 5) is 26.5. The SMILES string of the molecule is O=C(NCc1ccco1)c1c(NC(=O)[C@@H]2CCCO2)sc2c1CCCC2. The third kappa shape index (κ3) is 3.54. The number of carbonyl (C=O) groups excluding carboxylic acids is 2. The van der Waals surface area contributed by atoms with E-state index >= 15 is 0 Å². The molecule has 3 heterocycles. The van der Waals surface area contributed by atoms with E-state index in [1.165, 1.54) is 16.2 Å². The molecule has 1 atom stereocenters. The van der Waals surface area contributed by atoms with Crippen LogP contribution in [0.5, 0.6) is 0 Å². The van der Waals surface area contributed by atoms with Gasteiger partial charge in [-0.1, -0.05) is 0 Å². The molecule has 0 spiro atoms. The maximum atomic E-state index is 12.9. The van der Waals surface area contributed by atoms with Crippen molar-refractivity contribution in [2.75, 3.05) is 11.9 Å². The molecule has 0 radical (unpaired) electrons. The second kappa shape index (κ2) is 7.63. The van der Waals surface area contributed by atoms with Crippen molar-refractivity contribution in [1.29, 1.82) is 0 Å². The Morgan fingerprint density at radius 2 is 2.12 bits per heavy atom. The Kier molecular flexibility index (Phi) is 5.08. The number of carbonyl (C=O) groups is 2. The zero-order valence-corrected chi connectivity index (χ0v) is 15.3. The Bertz CT molecular complexity index is 791. The van der Waals surface area contributed by atoms with Gasteiger partial charge in [-0.25, -0.2) is 0 Å². The van der Waals surface area contributed by atoms with Crippen molar-refractivity contribution in [3.8, 4) is 0 Å². The van der Waals surface area contributed by atoms with E-state index in [1.807, 2.05) is 6.07 Å². The molecule has 0 bridgehead atoms. The lowest BCUT2D eigenvalue weighted by atomic mass is 9.95. The molecule has 1 aliphatic heterocycles. The number of rotatable bonds is 5. The summed E-state index contributed by atoms with van der Waals surface area (Å²) in [5, 5.41) is 6.51. The second-order valence-corrected chi connectivity index (χ2v) is 7.77. The fourth-order valence-corrected chi connectivity index (χ4v) is 4.83. The van der Waals surface area contributed by atoms with Gasteiger partial charge in [0.25, 0.3) is 11.8 Å². The molecule has 1 fully saturated rings. The van der Waals surface area contributed by atoms with Crippen LogP contribution in [0, 0.1) is 0 Å². The highest BCUT2D eigenvalue weighted by Crippen LogP contribution is 2.38. The largest absolute Gasteiger partial charge is 0.467 e. The predicted molar refractivity (Wildman–Crippen MR) is 98.4 cm³/mol. The molecule has 0 unspecified atom stereocenters. The molecule has 0 aromatic carbocycles. The molecule has 2 N–H and O–H groups in total. The molecule has 2 aromatic heterocycles. The third-order valence-corrected chi connectivity index (χ3v) is 6.07. The number of hydrogen-bond acceptors (Lipinski definition) is 5. The van der Waals surface area contributed by atoms with Crippen LogP contribution < -0.4 is 10.6 Å². The van der Waals surface area contributed by atoms with E-state index in [4.69, 9.17) is 9.15 Å². The van der Waals surface area contributed by atoms with Gasteiger partial charge in [-0.3, -0.25) is 9.59 Å². The molecule has 26 heavy (non-hydrogen) atoms. The Hall–Kier alpha value is -2.12. The van der Waals surface area contributed by atoms with E-state index in [9.17, 15) is 9.59 Å². The van der Waals surface area contributed by atoms with Gasteiger partial charge < -0.3 is 19.8 Å². The highest BCUT2D eigenvalue weighted by atomic mass is 32.1. The number of thiophene rings is 1. The molecular weight excluding hydrogens is 352 g/mol. The van der Waals surface area contributed by atoms with Crippen molar-refractivity contribution in [1.82, 2.24) is 5.32 Å².